The fraction of sp³-hybridized carbons (Fsp3) is 0.571. The third-order valence-electron chi connectivity index (χ3n) is 3.45. The van der Waals surface area contributed by atoms with Gasteiger partial charge in [-0.25, -0.2) is 4.68 Å². The molecule has 104 valence electrons. The van der Waals surface area contributed by atoms with Gasteiger partial charge < -0.3 is 5.32 Å². The molecule has 1 fully saturated rings. The molecule has 0 aliphatic heterocycles. The Morgan fingerprint density at radius 1 is 1.68 bits per heavy atom. The van der Waals surface area contributed by atoms with Gasteiger partial charge in [-0.1, -0.05) is 37.4 Å². The standard InChI is InChI=1S/C14H20ClN3O/c1-3-7-18-14(19)13(15)12(9-16-18)17-11(4-2)8-10-5-6-10/h3,9-11,17H,1,4-8H2,2H3. The molecule has 0 amide bonds. The van der Waals surface area contributed by atoms with E-state index in [0.29, 0.717) is 18.3 Å². The minimum Gasteiger partial charge on any atom is -0.380 e. The average Bonchev–Trinajstić information content (AvgIpc) is 3.21. The maximum Gasteiger partial charge on any atom is 0.287 e. The van der Waals surface area contributed by atoms with E-state index in [1.807, 2.05) is 0 Å². The maximum absolute atomic E-state index is 12.0. The molecule has 1 aromatic rings. The molecule has 1 N–H and O–H groups in total. The molecular formula is C14H20ClN3O. The van der Waals surface area contributed by atoms with Gasteiger partial charge >= 0.3 is 0 Å². The zero-order valence-corrected chi connectivity index (χ0v) is 12.0. The number of nitrogens with zero attached hydrogens (tertiary/aromatic N) is 2. The van der Waals surface area contributed by atoms with Crippen LogP contribution in [0.3, 0.4) is 0 Å². The normalized spacial score (nSPS) is 16.1. The van der Waals surface area contributed by atoms with Gasteiger partial charge in [0.05, 0.1) is 18.4 Å². The van der Waals surface area contributed by atoms with Gasteiger partial charge in [0.25, 0.3) is 5.56 Å². The monoisotopic (exact) mass is 281 g/mol. The summed E-state index contributed by atoms with van der Waals surface area (Å²) in [5.41, 5.74) is 0.368. The summed E-state index contributed by atoms with van der Waals surface area (Å²) in [5, 5.41) is 7.66. The van der Waals surface area contributed by atoms with Crippen molar-refractivity contribution in [2.45, 2.75) is 45.2 Å². The van der Waals surface area contributed by atoms with E-state index in [4.69, 9.17) is 11.6 Å². The zero-order valence-electron chi connectivity index (χ0n) is 11.2. The molecule has 0 spiro atoms. The molecule has 0 aromatic carbocycles. The summed E-state index contributed by atoms with van der Waals surface area (Å²) in [6, 6.07) is 0.362. The molecule has 0 radical (unpaired) electrons. The second-order valence-electron chi connectivity index (χ2n) is 5.08. The summed E-state index contributed by atoms with van der Waals surface area (Å²) in [5.74, 6) is 0.838. The highest BCUT2D eigenvalue weighted by atomic mass is 35.5. The summed E-state index contributed by atoms with van der Waals surface area (Å²) >= 11 is 6.12. The number of anilines is 1. The van der Waals surface area contributed by atoms with E-state index < -0.39 is 0 Å². The first-order valence-electron chi connectivity index (χ1n) is 6.78. The Balaban J connectivity index is 2.12. The van der Waals surface area contributed by atoms with Crippen LogP contribution in [0.15, 0.2) is 23.6 Å². The number of aromatic nitrogens is 2. The van der Waals surface area contributed by atoms with Crippen LogP contribution in [0, 0.1) is 5.92 Å². The van der Waals surface area contributed by atoms with Crippen molar-refractivity contribution in [3.63, 3.8) is 0 Å². The average molecular weight is 282 g/mol. The smallest absolute Gasteiger partial charge is 0.287 e. The molecule has 1 saturated carbocycles. The number of hydrogen-bond donors (Lipinski definition) is 1. The van der Waals surface area contributed by atoms with Gasteiger partial charge in [-0.15, -0.1) is 6.58 Å². The van der Waals surface area contributed by atoms with Crippen LogP contribution in [-0.4, -0.2) is 15.8 Å². The summed E-state index contributed by atoms with van der Waals surface area (Å²) in [7, 11) is 0. The third-order valence-corrected chi connectivity index (χ3v) is 3.82. The van der Waals surface area contributed by atoms with Gasteiger partial charge in [0.2, 0.25) is 0 Å². The van der Waals surface area contributed by atoms with Gasteiger partial charge in [0.1, 0.15) is 5.02 Å². The molecule has 1 aliphatic carbocycles. The van der Waals surface area contributed by atoms with Crippen molar-refractivity contribution < 1.29 is 0 Å². The van der Waals surface area contributed by atoms with Crippen LogP contribution < -0.4 is 10.9 Å². The van der Waals surface area contributed by atoms with E-state index in [2.05, 4.69) is 23.9 Å². The predicted octanol–water partition coefficient (Wildman–Crippen LogP) is 3.07. The van der Waals surface area contributed by atoms with Crippen LogP contribution in [0.4, 0.5) is 5.69 Å². The number of rotatable bonds is 7. The summed E-state index contributed by atoms with van der Waals surface area (Å²) in [4.78, 5) is 12.0. The SMILES string of the molecule is C=CCn1ncc(NC(CC)CC2CC2)c(Cl)c1=O. The lowest BCUT2D eigenvalue weighted by atomic mass is 10.1. The van der Waals surface area contributed by atoms with E-state index in [1.54, 1.807) is 12.3 Å². The Morgan fingerprint density at radius 2 is 2.42 bits per heavy atom. The molecule has 4 nitrogen and oxygen atoms in total. The van der Waals surface area contributed by atoms with Gasteiger partial charge in [-0.2, -0.15) is 5.10 Å². The predicted molar refractivity (Wildman–Crippen MR) is 78.7 cm³/mol. The third kappa shape index (κ3) is 3.60. The lowest BCUT2D eigenvalue weighted by molar-refractivity contribution is 0.584. The number of halogens is 1. The first-order valence-corrected chi connectivity index (χ1v) is 7.16. The topological polar surface area (TPSA) is 46.9 Å². The van der Waals surface area contributed by atoms with Crippen LogP contribution in [0.1, 0.15) is 32.6 Å². The fourth-order valence-corrected chi connectivity index (χ4v) is 2.32. The minimum absolute atomic E-state index is 0.214. The van der Waals surface area contributed by atoms with Crippen molar-refractivity contribution in [3.05, 3.63) is 34.2 Å². The molecule has 2 rings (SSSR count). The molecule has 0 bridgehead atoms. The van der Waals surface area contributed by atoms with Gasteiger partial charge in [-0.3, -0.25) is 4.79 Å². The Labute approximate surface area is 118 Å². The van der Waals surface area contributed by atoms with Crippen molar-refractivity contribution >= 4 is 17.3 Å². The number of nitrogens with one attached hydrogen (secondary N) is 1. The van der Waals surface area contributed by atoms with E-state index >= 15 is 0 Å². The summed E-state index contributed by atoms with van der Waals surface area (Å²) < 4.78 is 1.31. The Kier molecular flexibility index (Phi) is 4.64. The van der Waals surface area contributed by atoms with Crippen molar-refractivity contribution in [3.8, 4) is 0 Å². The van der Waals surface area contributed by atoms with E-state index in [9.17, 15) is 4.79 Å². The zero-order chi connectivity index (χ0) is 13.8. The highest BCUT2D eigenvalue weighted by Gasteiger charge is 2.25. The van der Waals surface area contributed by atoms with Gasteiger partial charge in [0.15, 0.2) is 0 Å². The molecular weight excluding hydrogens is 262 g/mol. The lowest BCUT2D eigenvalue weighted by Crippen LogP contribution is -2.26. The molecule has 1 aromatic heterocycles. The molecule has 19 heavy (non-hydrogen) atoms. The first-order chi connectivity index (χ1) is 9.15. The highest BCUT2D eigenvalue weighted by molar-refractivity contribution is 6.32. The number of allylic oxidation sites excluding steroid dienone is 1. The molecule has 5 heteroatoms. The van der Waals surface area contributed by atoms with E-state index in [-0.39, 0.29) is 10.6 Å². The van der Waals surface area contributed by atoms with Gasteiger partial charge in [0, 0.05) is 6.04 Å². The van der Waals surface area contributed by atoms with E-state index in [1.165, 1.54) is 17.5 Å². The van der Waals surface area contributed by atoms with Gasteiger partial charge in [-0.05, 0) is 18.8 Å². The molecule has 1 heterocycles. The van der Waals surface area contributed by atoms with Crippen LogP contribution in [0.5, 0.6) is 0 Å². The van der Waals surface area contributed by atoms with Crippen LogP contribution in [-0.2, 0) is 6.54 Å². The number of hydrogen-bond acceptors (Lipinski definition) is 3. The Morgan fingerprint density at radius 3 is 3.00 bits per heavy atom. The Hall–Kier alpha value is -1.29. The maximum atomic E-state index is 12.0. The molecule has 1 aliphatic rings. The second-order valence-corrected chi connectivity index (χ2v) is 5.45. The fourth-order valence-electron chi connectivity index (χ4n) is 2.12. The van der Waals surface area contributed by atoms with Crippen molar-refractivity contribution in [2.24, 2.45) is 5.92 Å². The summed E-state index contributed by atoms with van der Waals surface area (Å²) in [6.07, 6.45) is 8.06. The summed E-state index contributed by atoms with van der Waals surface area (Å²) in [6.45, 7) is 6.10. The minimum atomic E-state index is -0.271. The van der Waals surface area contributed by atoms with Crippen molar-refractivity contribution in [1.29, 1.82) is 0 Å². The lowest BCUT2D eigenvalue weighted by Gasteiger charge is -2.18. The second kappa shape index (κ2) is 6.24. The first kappa shape index (κ1) is 14.1. The molecule has 1 atom stereocenters. The van der Waals surface area contributed by atoms with Crippen LogP contribution in [0.2, 0.25) is 5.02 Å². The largest absolute Gasteiger partial charge is 0.380 e. The van der Waals surface area contributed by atoms with Crippen molar-refractivity contribution in [2.75, 3.05) is 5.32 Å². The quantitative estimate of drug-likeness (QED) is 0.782. The Bertz CT molecular complexity index is 508. The molecule has 0 saturated heterocycles. The van der Waals surface area contributed by atoms with Crippen LogP contribution >= 0.6 is 11.6 Å². The van der Waals surface area contributed by atoms with Crippen molar-refractivity contribution in [1.82, 2.24) is 9.78 Å². The van der Waals surface area contributed by atoms with E-state index in [0.717, 1.165) is 18.8 Å². The highest BCUT2D eigenvalue weighted by Crippen LogP contribution is 2.35. The van der Waals surface area contributed by atoms with Crippen LogP contribution in [0.25, 0.3) is 0 Å². The molecule has 1 unspecified atom stereocenters.